The van der Waals surface area contributed by atoms with Crippen LogP contribution < -0.4 is 5.73 Å². The molecule has 1 saturated carbocycles. The van der Waals surface area contributed by atoms with E-state index < -0.39 is 0 Å². The van der Waals surface area contributed by atoms with Crippen molar-refractivity contribution < 1.29 is 0 Å². The van der Waals surface area contributed by atoms with E-state index in [4.69, 9.17) is 5.73 Å². The number of rotatable bonds is 5. The van der Waals surface area contributed by atoms with E-state index in [1.165, 1.54) is 63.7 Å². The normalized spacial score (nSPS) is 21.6. The van der Waals surface area contributed by atoms with Gasteiger partial charge in [-0.3, -0.25) is 0 Å². The summed E-state index contributed by atoms with van der Waals surface area (Å²) in [4.78, 5) is 2.54. The lowest BCUT2D eigenvalue weighted by Gasteiger charge is -2.24. The number of nitrogens with zero attached hydrogens (tertiary/aromatic N) is 4. The second kappa shape index (κ2) is 6.68. The van der Waals surface area contributed by atoms with E-state index in [2.05, 4.69) is 19.9 Å². The van der Waals surface area contributed by atoms with E-state index in [0.717, 1.165) is 18.8 Å². The van der Waals surface area contributed by atoms with Crippen LogP contribution in [0.5, 0.6) is 0 Å². The molecular weight excluding hydrogens is 250 g/mol. The molecule has 1 saturated heterocycles. The molecule has 0 bridgehead atoms. The van der Waals surface area contributed by atoms with Gasteiger partial charge in [0.25, 0.3) is 0 Å². The van der Waals surface area contributed by atoms with E-state index in [9.17, 15) is 0 Å². The molecular formula is C15H27N5. The van der Waals surface area contributed by atoms with Crippen LogP contribution >= 0.6 is 0 Å². The maximum Gasteiger partial charge on any atom is 0.0997 e. The van der Waals surface area contributed by atoms with E-state index >= 15 is 0 Å². The Morgan fingerprint density at radius 1 is 1.00 bits per heavy atom. The number of hydrogen-bond acceptors (Lipinski definition) is 4. The Labute approximate surface area is 121 Å². The van der Waals surface area contributed by atoms with Gasteiger partial charge in [0.15, 0.2) is 0 Å². The van der Waals surface area contributed by atoms with Gasteiger partial charge in [0.2, 0.25) is 0 Å². The zero-order valence-electron chi connectivity index (χ0n) is 12.4. The maximum absolute atomic E-state index is 5.86. The molecule has 0 aromatic carbocycles. The van der Waals surface area contributed by atoms with Crippen molar-refractivity contribution in [3.05, 3.63) is 11.4 Å². The number of hydrogen-bond donors (Lipinski definition) is 1. The minimum absolute atomic E-state index is 0.523. The molecule has 0 unspecified atom stereocenters. The summed E-state index contributed by atoms with van der Waals surface area (Å²) >= 11 is 0. The Morgan fingerprint density at radius 2 is 1.75 bits per heavy atom. The predicted molar refractivity (Wildman–Crippen MR) is 79.4 cm³/mol. The monoisotopic (exact) mass is 277 g/mol. The Kier molecular flexibility index (Phi) is 4.68. The van der Waals surface area contributed by atoms with Crippen molar-refractivity contribution in [1.29, 1.82) is 0 Å². The van der Waals surface area contributed by atoms with Crippen LogP contribution in [-0.2, 0) is 13.1 Å². The van der Waals surface area contributed by atoms with Crippen LogP contribution in [0, 0.1) is 0 Å². The van der Waals surface area contributed by atoms with Crippen molar-refractivity contribution in [2.75, 3.05) is 19.6 Å². The fraction of sp³-hybridized carbons (Fsp3) is 0.867. The first-order chi connectivity index (χ1) is 9.88. The molecule has 0 amide bonds. The highest BCUT2D eigenvalue weighted by Crippen LogP contribution is 2.33. The third kappa shape index (κ3) is 3.04. The molecule has 0 radical (unpaired) electrons. The fourth-order valence-electron chi connectivity index (χ4n) is 3.73. The van der Waals surface area contributed by atoms with Crippen molar-refractivity contribution in [1.82, 2.24) is 19.9 Å². The fourth-order valence-corrected chi connectivity index (χ4v) is 3.73. The van der Waals surface area contributed by atoms with Gasteiger partial charge in [0.05, 0.1) is 17.9 Å². The summed E-state index contributed by atoms with van der Waals surface area (Å²) in [5, 5.41) is 8.71. The molecule has 20 heavy (non-hydrogen) atoms. The smallest absolute Gasteiger partial charge is 0.0997 e. The highest BCUT2D eigenvalue weighted by atomic mass is 15.4. The van der Waals surface area contributed by atoms with E-state index in [1.807, 2.05) is 0 Å². The Balaban J connectivity index is 1.70. The van der Waals surface area contributed by atoms with Gasteiger partial charge in [-0.2, -0.15) is 0 Å². The van der Waals surface area contributed by atoms with Crippen molar-refractivity contribution in [3.63, 3.8) is 0 Å². The number of nitrogens with two attached hydrogens (primary N) is 1. The topological polar surface area (TPSA) is 60.0 Å². The standard InChI is InChI=1S/C15H27N5/c16-12-14-15(13-6-2-1-3-7-13)20(18-17-14)11-10-19-8-4-5-9-19/h13H,1-12,16H2. The minimum atomic E-state index is 0.523. The zero-order valence-corrected chi connectivity index (χ0v) is 12.4. The van der Waals surface area contributed by atoms with Gasteiger partial charge >= 0.3 is 0 Å². The second-order valence-corrected chi connectivity index (χ2v) is 6.23. The number of aromatic nitrogens is 3. The molecule has 2 aliphatic rings. The zero-order chi connectivity index (χ0) is 13.8. The van der Waals surface area contributed by atoms with Gasteiger partial charge in [-0.05, 0) is 38.8 Å². The van der Waals surface area contributed by atoms with Gasteiger partial charge in [-0.25, -0.2) is 4.68 Å². The molecule has 0 atom stereocenters. The average Bonchev–Trinajstić information content (AvgIpc) is 3.15. The van der Waals surface area contributed by atoms with Gasteiger partial charge in [-0.1, -0.05) is 24.5 Å². The molecule has 1 aromatic heterocycles. The molecule has 1 aromatic rings. The first-order valence-corrected chi connectivity index (χ1v) is 8.23. The Hall–Kier alpha value is -0.940. The highest BCUT2D eigenvalue weighted by Gasteiger charge is 2.24. The lowest BCUT2D eigenvalue weighted by molar-refractivity contribution is 0.307. The third-order valence-electron chi connectivity index (χ3n) is 4.86. The van der Waals surface area contributed by atoms with Gasteiger partial charge in [0.1, 0.15) is 0 Å². The molecule has 1 aliphatic carbocycles. The molecule has 0 spiro atoms. The number of likely N-dealkylation sites (tertiary alicyclic amines) is 1. The van der Waals surface area contributed by atoms with Crippen molar-refractivity contribution >= 4 is 0 Å². The van der Waals surface area contributed by atoms with E-state index in [-0.39, 0.29) is 0 Å². The summed E-state index contributed by atoms with van der Waals surface area (Å²) in [7, 11) is 0. The molecule has 3 rings (SSSR count). The summed E-state index contributed by atoms with van der Waals surface area (Å²) in [5.74, 6) is 0.635. The van der Waals surface area contributed by atoms with E-state index in [1.54, 1.807) is 0 Å². The average molecular weight is 277 g/mol. The molecule has 2 fully saturated rings. The summed E-state index contributed by atoms with van der Waals surface area (Å²) in [6.45, 7) is 5.09. The van der Waals surface area contributed by atoms with Crippen LogP contribution in [-0.4, -0.2) is 39.5 Å². The second-order valence-electron chi connectivity index (χ2n) is 6.23. The summed E-state index contributed by atoms with van der Waals surface area (Å²) < 4.78 is 2.15. The molecule has 1 aliphatic heterocycles. The van der Waals surface area contributed by atoms with Crippen molar-refractivity contribution in [3.8, 4) is 0 Å². The summed E-state index contributed by atoms with van der Waals surface area (Å²) in [6, 6.07) is 0. The van der Waals surface area contributed by atoms with E-state index in [0.29, 0.717) is 12.5 Å². The Morgan fingerprint density at radius 3 is 2.45 bits per heavy atom. The maximum atomic E-state index is 5.86. The van der Waals surface area contributed by atoms with Crippen molar-refractivity contribution in [2.45, 2.75) is 64.0 Å². The Bertz CT molecular complexity index is 416. The summed E-state index contributed by atoms with van der Waals surface area (Å²) in [6.07, 6.45) is 9.32. The quantitative estimate of drug-likeness (QED) is 0.892. The lowest BCUT2D eigenvalue weighted by Crippen LogP contribution is -2.26. The van der Waals surface area contributed by atoms with Crippen LogP contribution in [0.3, 0.4) is 0 Å². The minimum Gasteiger partial charge on any atom is -0.325 e. The molecule has 2 N–H and O–H groups in total. The summed E-state index contributed by atoms with van der Waals surface area (Å²) in [5.41, 5.74) is 8.23. The molecule has 112 valence electrons. The lowest BCUT2D eigenvalue weighted by atomic mass is 9.86. The van der Waals surface area contributed by atoms with Crippen LogP contribution in [0.15, 0.2) is 0 Å². The van der Waals surface area contributed by atoms with Crippen LogP contribution in [0.25, 0.3) is 0 Å². The SMILES string of the molecule is NCc1nnn(CCN2CCCC2)c1C1CCCCC1. The van der Waals surface area contributed by atoms with Crippen molar-refractivity contribution in [2.24, 2.45) is 5.73 Å². The van der Waals surface area contributed by atoms with Gasteiger partial charge in [-0.15, -0.1) is 5.10 Å². The van der Waals surface area contributed by atoms with Crippen LogP contribution in [0.2, 0.25) is 0 Å². The van der Waals surface area contributed by atoms with Gasteiger partial charge < -0.3 is 10.6 Å². The predicted octanol–water partition coefficient (Wildman–Crippen LogP) is 1.88. The molecule has 2 heterocycles. The van der Waals surface area contributed by atoms with Crippen LogP contribution in [0.1, 0.15) is 62.3 Å². The van der Waals surface area contributed by atoms with Gasteiger partial charge in [0, 0.05) is 19.0 Å². The molecule has 5 heteroatoms. The largest absolute Gasteiger partial charge is 0.325 e. The van der Waals surface area contributed by atoms with Crippen LogP contribution in [0.4, 0.5) is 0 Å². The third-order valence-corrected chi connectivity index (χ3v) is 4.86. The first kappa shape index (κ1) is 14.0. The first-order valence-electron chi connectivity index (χ1n) is 8.23. The molecule has 5 nitrogen and oxygen atoms in total. The highest BCUT2D eigenvalue weighted by molar-refractivity contribution is 5.16.